The first kappa shape index (κ1) is 19.7. The molecule has 2 aromatic rings. The van der Waals surface area contributed by atoms with Gasteiger partial charge >= 0.3 is 6.03 Å². The van der Waals surface area contributed by atoms with Crippen LogP contribution in [0.1, 0.15) is 25.3 Å². The first-order valence-electron chi connectivity index (χ1n) is 9.58. The molecule has 6 heteroatoms. The van der Waals surface area contributed by atoms with Crippen molar-refractivity contribution in [3.05, 3.63) is 60.2 Å². The van der Waals surface area contributed by atoms with Crippen molar-refractivity contribution in [2.24, 2.45) is 0 Å². The van der Waals surface area contributed by atoms with Crippen molar-refractivity contribution in [1.82, 2.24) is 9.80 Å². The summed E-state index contributed by atoms with van der Waals surface area (Å²) in [5.41, 5.74) is 1.81. The van der Waals surface area contributed by atoms with E-state index in [4.69, 9.17) is 4.74 Å². The van der Waals surface area contributed by atoms with Crippen LogP contribution in [-0.4, -0.2) is 48.0 Å². The number of para-hydroxylation sites is 1. The second kappa shape index (κ2) is 9.26. The van der Waals surface area contributed by atoms with Gasteiger partial charge in [-0.2, -0.15) is 0 Å². The molecule has 0 bridgehead atoms. The van der Waals surface area contributed by atoms with Gasteiger partial charge < -0.3 is 19.9 Å². The van der Waals surface area contributed by atoms with E-state index in [9.17, 15) is 9.59 Å². The Balaban J connectivity index is 1.74. The maximum Gasteiger partial charge on any atom is 0.322 e. The van der Waals surface area contributed by atoms with E-state index >= 15 is 0 Å². The lowest BCUT2D eigenvalue weighted by molar-refractivity contribution is -0.130. The van der Waals surface area contributed by atoms with Crippen molar-refractivity contribution in [3.63, 3.8) is 0 Å². The molecule has 0 spiro atoms. The summed E-state index contributed by atoms with van der Waals surface area (Å²) in [6, 6.07) is 17.2. The number of anilines is 1. The molecule has 28 heavy (non-hydrogen) atoms. The molecule has 6 nitrogen and oxygen atoms in total. The van der Waals surface area contributed by atoms with E-state index in [2.05, 4.69) is 5.32 Å². The number of piperidine rings is 1. The fourth-order valence-corrected chi connectivity index (χ4v) is 3.50. The van der Waals surface area contributed by atoms with Gasteiger partial charge in [-0.1, -0.05) is 30.3 Å². The highest BCUT2D eigenvalue weighted by Gasteiger charge is 2.29. The third-order valence-corrected chi connectivity index (χ3v) is 5.15. The number of rotatable bonds is 5. The Hall–Kier alpha value is -3.02. The number of hydrogen-bond donors (Lipinski definition) is 1. The second-order valence-corrected chi connectivity index (χ2v) is 7.01. The molecule has 3 rings (SSSR count). The lowest BCUT2D eigenvalue weighted by Gasteiger charge is -2.38. The van der Waals surface area contributed by atoms with Gasteiger partial charge in [0.05, 0.1) is 7.11 Å². The minimum Gasteiger partial charge on any atom is -0.497 e. The van der Waals surface area contributed by atoms with Crippen LogP contribution >= 0.6 is 0 Å². The average Bonchev–Trinajstić information content (AvgIpc) is 2.73. The number of benzene rings is 2. The number of urea groups is 1. The number of nitrogens with one attached hydrogen (secondary N) is 1. The largest absolute Gasteiger partial charge is 0.497 e. The number of ether oxygens (including phenoxy) is 1. The van der Waals surface area contributed by atoms with Gasteiger partial charge in [-0.3, -0.25) is 4.79 Å². The Morgan fingerprint density at radius 2 is 1.71 bits per heavy atom. The van der Waals surface area contributed by atoms with E-state index < -0.39 is 0 Å². The maximum absolute atomic E-state index is 13.1. The van der Waals surface area contributed by atoms with Crippen LogP contribution < -0.4 is 10.1 Å². The number of carbonyl (C=O) groups is 2. The topological polar surface area (TPSA) is 61.9 Å². The van der Waals surface area contributed by atoms with Crippen LogP contribution in [0.25, 0.3) is 0 Å². The fourth-order valence-electron chi connectivity index (χ4n) is 3.50. The van der Waals surface area contributed by atoms with E-state index in [-0.39, 0.29) is 18.0 Å². The third kappa shape index (κ3) is 5.03. The number of amides is 3. The standard InChI is InChI=1S/C22H27N3O3/c1-17(26)24-14-12-20(13-15-24)25(16-18-8-10-21(28-2)11-9-18)22(27)23-19-6-4-3-5-7-19/h3-11,20H,12-16H2,1-2H3,(H,23,27). The molecule has 1 aliphatic heterocycles. The van der Waals surface area contributed by atoms with E-state index in [1.807, 2.05) is 64.4 Å². The summed E-state index contributed by atoms with van der Waals surface area (Å²) in [4.78, 5) is 28.4. The van der Waals surface area contributed by atoms with Crippen molar-refractivity contribution >= 4 is 17.6 Å². The van der Waals surface area contributed by atoms with Crippen LogP contribution in [0.2, 0.25) is 0 Å². The molecule has 1 N–H and O–H groups in total. The first-order chi connectivity index (χ1) is 13.6. The summed E-state index contributed by atoms with van der Waals surface area (Å²) in [6.07, 6.45) is 1.55. The highest BCUT2D eigenvalue weighted by Crippen LogP contribution is 2.22. The van der Waals surface area contributed by atoms with Gasteiger partial charge in [0.25, 0.3) is 0 Å². The van der Waals surface area contributed by atoms with Gasteiger partial charge in [-0.05, 0) is 42.7 Å². The normalized spacial score (nSPS) is 14.4. The maximum atomic E-state index is 13.1. The van der Waals surface area contributed by atoms with Crippen LogP contribution in [0.3, 0.4) is 0 Å². The summed E-state index contributed by atoms with van der Waals surface area (Å²) in [5, 5.41) is 3.00. The zero-order valence-corrected chi connectivity index (χ0v) is 16.4. The summed E-state index contributed by atoms with van der Waals surface area (Å²) < 4.78 is 5.22. The molecule has 1 aliphatic rings. The van der Waals surface area contributed by atoms with E-state index in [0.29, 0.717) is 19.6 Å². The minimum atomic E-state index is -0.122. The van der Waals surface area contributed by atoms with Crippen molar-refractivity contribution in [2.45, 2.75) is 32.4 Å². The van der Waals surface area contributed by atoms with Crippen LogP contribution in [0.5, 0.6) is 5.75 Å². The SMILES string of the molecule is COc1ccc(CN(C(=O)Nc2ccccc2)C2CCN(C(C)=O)CC2)cc1. The van der Waals surface area contributed by atoms with E-state index in [0.717, 1.165) is 29.8 Å². The Morgan fingerprint density at radius 3 is 2.29 bits per heavy atom. The molecule has 0 aromatic heterocycles. The molecule has 2 aromatic carbocycles. The van der Waals surface area contributed by atoms with Crippen molar-refractivity contribution in [3.8, 4) is 5.75 Å². The number of carbonyl (C=O) groups excluding carboxylic acids is 2. The summed E-state index contributed by atoms with van der Waals surface area (Å²) in [6.45, 7) is 3.46. The number of nitrogens with zero attached hydrogens (tertiary/aromatic N) is 2. The van der Waals surface area contributed by atoms with Crippen LogP contribution in [0.15, 0.2) is 54.6 Å². The third-order valence-electron chi connectivity index (χ3n) is 5.15. The highest BCUT2D eigenvalue weighted by molar-refractivity contribution is 5.89. The quantitative estimate of drug-likeness (QED) is 0.858. The van der Waals surface area contributed by atoms with Gasteiger partial charge in [-0.25, -0.2) is 4.79 Å². The van der Waals surface area contributed by atoms with Crippen LogP contribution in [-0.2, 0) is 11.3 Å². The molecule has 1 fully saturated rings. The smallest absolute Gasteiger partial charge is 0.322 e. The number of likely N-dealkylation sites (tertiary alicyclic amines) is 1. The molecule has 1 saturated heterocycles. The summed E-state index contributed by atoms with van der Waals surface area (Å²) >= 11 is 0. The molecule has 0 saturated carbocycles. The van der Waals surface area contributed by atoms with Crippen LogP contribution in [0.4, 0.5) is 10.5 Å². The minimum absolute atomic E-state index is 0.0846. The first-order valence-corrected chi connectivity index (χ1v) is 9.58. The molecule has 3 amide bonds. The Kier molecular flexibility index (Phi) is 6.53. The van der Waals surface area contributed by atoms with Gasteiger partial charge in [0.2, 0.25) is 5.91 Å². The highest BCUT2D eigenvalue weighted by atomic mass is 16.5. The lowest BCUT2D eigenvalue weighted by Crippen LogP contribution is -2.49. The molecule has 0 aliphatic carbocycles. The Bertz CT molecular complexity index is 784. The molecule has 1 heterocycles. The summed E-state index contributed by atoms with van der Waals surface area (Å²) in [5.74, 6) is 0.882. The van der Waals surface area contributed by atoms with Crippen molar-refractivity contribution < 1.29 is 14.3 Å². The van der Waals surface area contributed by atoms with Gasteiger partial charge in [0, 0.05) is 38.3 Å². The Labute approximate surface area is 166 Å². The predicted octanol–water partition coefficient (Wildman–Crippen LogP) is 3.74. The molecular weight excluding hydrogens is 354 g/mol. The summed E-state index contributed by atoms with van der Waals surface area (Å²) in [7, 11) is 1.64. The fraction of sp³-hybridized carbons (Fsp3) is 0.364. The van der Waals surface area contributed by atoms with Gasteiger partial charge in [0.1, 0.15) is 5.75 Å². The lowest BCUT2D eigenvalue weighted by atomic mass is 10.0. The molecular formula is C22H27N3O3. The Morgan fingerprint density at radius 1 is 1.07 bits per heavy atom. The number of methoxy groups -OCH3 is 1. The van der Waals surface area contributed by atoms with Crippen LogP contribution in [0, 0.1) is 0 Å². The van der Waals surface area contributed by atoms with E-state index in [1.54, 1.807) is 14.0 Å². The molecule has 0 atom stereocenters. The van der Waals surface area contributed by atoms with Gasteiger partial charge in [0.15, 0.2) is 0 Å². The van der Waals surface area contributed by atoms with E-state index in [1.165, 1.54) is 0 Å². The van der Waals surface area contributed by atoms with Crippen molar-refractivity contribution in [1.29, 1.82) is 0 Å². The predicted molar refractivity (Wildman–Crippen MR) is 109 cm³/mol. The zero-order chi connectivity index (χ0) is 19.9. The van der Waals surface area contributed by atoms with Crippen molar-refractivity contribution in [2.75, 3.05) is 25.5 Å². The zero-order valence-electron chi connectivity index (χ0n) is 16.4. The number of hydrogen-bond acceptors (Lipinski definition) is 3. The van der Waals surface area contributed by atoms with Gasteiger partial charge in [-0.15, -0.1) is 0 Å². The average molecular weight is 381 g/mol. The molecule has 148 valence electrons. The second-order valence-electron chi connectivity index (χ2n) is 7.01. The molecule has 0 unspecified atom stereocenters. The monoisotopic (exact) mass is 381 g/mol. The molecule has 0 radical (unpaired) electrons.